The number of benzene rings is 1. The fourth-order valence-electron chi connectivity index (χ4n) is 2.10. The summed E-state index contributed by atoms with van der Waals surface area (Å²) in [7, 11) is 3.06. The third-order valence-electron chi connectivity index (χ3n) is 3.62. The zero-order valence-corrected chi connectivity index (χ0v) is 13.8. The lowest BCUT2D eigenvalue weighted by molar-refractivity contribution is -0.149. The van der Waals surface area contributed by atoms with Crippen LogP contribution in [0, 0.1) is 0 Å². The quantitative estimate of drug-likeness (QED) is 0.838. The first kappa shape index (κ1) is 17.6. The van der Waals surface area contributed by atoms with E-state index in [1.807, 2.05) is 17.9 Å². The minimum absolute atomic E-state index is 0.412. The van der Waals surface area contributed by atoms with Crippen LogP contribution < -0.4 is 9.47 Å². The summed E-state index contributed by atoms with van der Waals surface area (Å²) < 4.78 is 10.5. The third kappa shape index (κ3) is 3.60. The number of carboxylic acids is 1. The molecule has 0 spiro atoms. The van der Waals surface area contributed by atoms with Gasteiger partial charge in [0.05, 0.1) is 19.2 Å². The smallest absolute Gasteiger partial charge is 0.323 e. The van der Waals surface area contributed by atoms with E-state index in [0.29, 0.717) is 29.6 Å². The molecule has 0 radical (unpaired) electrons. The topological polar surface area (TPSA) is 59.0 Å². The third-order valence-corrected chi connectivity index (χ3v) is 4.04. The van der Waals surface area contributed by atoms with Crippen LogP contribution in [0.25, 0.3) is 0 Å². The van der Waals surface area contributed by atoms with Gasteiger partial charge >= 0.3 is 5.97 Å². The van der Waals surface area contributed by atoms with Crippen LogP contribution in [-0.2, 0) is 11.3 Å². The molecule has 5 nitrogen and oxygen atoms in total. The summed E-state index contributed by atoms with van der Waals surface area (Å²) in [6, 6.07) is 3.59. The molecule has 1 N–H and O–H groups in total. The van der Waals surface area contributed by atoms with Gasteiger partial charge < -0.3 is 14.6 Å². The van der Waals surface area contributed by atoms with E-state index in [1.54, 1.807) is 27.0 Å². The van der Waals surface area contributed by atoms with E-state index in [-0.39, 0.29) is 0 Å². The molecule has 0 aliphatic rings. The summed E-state index contributed by atoms with van der Waals surface area (Å²) in [4.78, 5) is 13.2. The number of aliphatic carboxylic acids is 1. The highest BCUT2D eigenvalue weighted by atomic mass is 35.5. The Labute approximate surface area is 130 Å². The fourth-order valence-corrected chi connectivity index (χ4v) is 2.39. The molecule has 6 heteroatoms. The molecular formula is C15H22ClNO4. The van der Waals surface area contributed by atoms with E-state index in [2.05, 4.69) is 0 Å². The standard InChI is InChI=1S/C15H22ClNO4/c1-6-17(15(2,3)14(18)19)9-10-7-8-11(20-4)13(21-5)12(10)16/h7-8H,6,9H2,1-5H3,(H,18,19). The minimum Gasteiger partial charge on any atom is -0.493 e. The van der Waals surface area contributed by atoms with Crippen molar-refractivity contribution in [2.45, 2.75) is 32.9 Å². The Kier molecular flexibility index (Phi) is 5.87. The van der Waals surface area contributed by atoms with Gasteiger partial charge in [0.2, 0.25) is 0 Å². The van der Waals surface area contributed by atoms with Crippen LogP contribution in [-0.4, -0.2) is 42.3 Å². The lowest BCUT2D eigenvalue weighted by atomic mass is 10.0. The van der Waals surface area contributed by atoms with E-state index >= 15 is 0 Å². The van der Waals surface area contributed by atoms with Crippen LogP contribution in [0.2, 0.25) is 5.02 Å². The van der Waals surface area contributed by atoms with Gasteiger partial charge in [-0.2, -0.15) is 0 Å². The summed E-state index contributed by atoms with van der Waals surface area (Å²) in [6.07, 6.45) is 0. The summed E-state index contributed by atoms with van der Waals surface area (Å²) in [6.45, 7) is 6.26. The van der Waals surface area contributed by atoms with Crippen molar-refractivity contribution < 1.29 is 19.4 Å². The van der Waals surface area contributed by atoms with Crippen LogP contribution in [0.4, 0.5) is 0 Å². The predicted octanol–water partition coefficient (Wildman–Crippen LogP) is 3.04. The van der Waals surface area contributed by atoms with Gasteiger partial charge in [-0.1, -0.05) is 24.6 Å². The van der Waals surface area contributed by atoms with Crippen molar-refractivity contribution in [3.05, 3.63) is 22.7 Å². The Morgan fingerprint density at radius 2 is 1.95 bits per heavy atom. The number of hydrogen-bond donors (Lipinski definition) is 1. The van der Waals surface area contributed by atoms with Crippen molar-refractivity contribution in [2.75, 3.05) is 20.8 Å². The van der Waals surface area contributed by atoms with Gasteiger partial charge in [-0.3, -0.25) is 9.69 Å². The maximum atomic E-state index is 11.4. The molecule has 1 aromatic rings. The molecular weight excluding hydrogens is 294 g/mol. The molecule has 0 aliphatic carbocycles. The van der Waals surface area contributed by atoms with Crippen molar-refractivity contribution in [3.8, 4) is 11.5 Å². The van der Waals surface area contributed by atoms with E-state index in [9.17, 15) is 9.90 Å². The van der Waals surface area contributed by atoms with Gasteiger partial charge in [-0.25, -0.2) is 0 Å². The van der Waals surface area contributed by atoms with E-state index in [1.165, 1.54) is 7.11 Å². The number of carbonyl (C=O) groups is 1. The summed E-state index contributed by atoms with van der Waals surface area (Å²) in [5.41, 5.74) is -0.184. The Balaban J connectivity index is 3.15. The molecule has 1 aromatic carbocycles. The maximum Gasteiger partial charge on any atom is 0.323 e. The van der Waals surface area contributed by atoms with Gasteiger partial charge in [-0.05, 0) is 32.0 Å². The van der Waals surface area contributed by atoms with Crippen LogP contribution in [0.5, 0.6) is 11.5 Å². The Morgan fingerprint density at radius 3 is 2.38 bits per heavy atom. The first-order chi connectivity index (χ1) is 9.79. The lowest BCUT2D eigenvalue weighted by Crippen LogP contribution is -2.49. The minimum atomic E-state index is -0.981. The average Bonchev–Trinajstić information content (AvgIpc) is 2.45. The fraction of sp³-hybridized carbons (Fsp3) is 0.533. The zero-order chi connectivity index (χ0) is 16.2. The van der Waals surface area contributed by atoms with Gasteiger partial charge in [0.15, 0.2) is 11.5 Å². The van der Waals surface area contributed by atoms with Crippen molar-refractivity contribution in [1.82, 2.24) is 4.90 Å². The van der Waals surface area contributed by atoms with E-state index in [4.69, 9.17) is 21.1 Å². The lowest BCUT2D eigenvalue weighted by Gasteiger charge is -2.34. The van der Waals surface area contributed by atoms with Crippen molar-refractivity contribution in [2.24, 2.45) is 0 Å². The Morgan fingerprint density at radius 1 is 1.33 bits per heavy atom. The number of hydrogen-bond acceptors (Lipinski definition) is 4. The molecule has 0 bridgehead atoms. The van der Waals surface area contributed by atoms with E-state index < -0.39 is 11.5 Å². The molecule has 0 saturated carbocycles. The normalized spacial score (nSPS) is 11.6. The highest BCUT2D eigenvalue weighted by molar-refractivity contribution is 6.33. The summed E-state index contributed by atoms with van der Waals surface area (Å²) in [5.74, 6) is 0.133. The second kappa shape index (κ2) is 7.00. The number of methoxy groups -OCH3 is 2. The number of likely N-dealkylation sites (N-methyl/N-ethyl adjacent to an activating group) is 1. The molecule has 0 fully saturated rings. The van der Waals surface area contributed by atoms with Gasteiger partial charge in [-0.15, -0.1) is 0 Å². The monoisotopic (exact) mass is 315 g/mol. The molecule has 0 atom stereocenters. The number of ether oxygens (including phenoxy) is 2. The second-order valence-corrected chi connectivity index (χ2v) is 5.53. The zero-order valence-electron chi connectivity index (χ0n) is 13.1. The highest BCUT2D eigenvalue weighted by Crippen LogP contribution is 2.38. The molecule has 0 amide bonds. The molecule has 0 unspecified atom stereocenters. The molecule has 0 saturated heterocycles. The first-order valence-corrected chi connectivity index (χ1v) is 7.05. The SMILES string of the molecule is CCN(Cc1ccc(OC)c(OC)c1Cl)C(C)(C)C(=O)O. The predicted molar refractivity (Wildman–Crippen MR) is 82.4 cm³/mol. The Bertz CT molecular complexity index is 517. The van der Waals surface area contributed by atoms with Crippen molar-refractivity contribution in [3.63, 3.8) is 0 Å². The number of carboxylic acid groups (broad SMARTS) is 1. The summed E-state index contributed by atoms with van der Waals surface area (Å²) in [5, 5.41) is 9.79. The highest BCUT2D eigenvalue weighted by Gasteiger charge is 2.34. The molecule has 0 aliphatic heterocycles. The molecule has 21 heavy (non-hydrogen) atoms. The van der Waals surface area contributed by atoms with Gasteiger partial charge in [0, 0.05) is 6.54 Å². The maximum absolute atomic E-state index is 11.4. The van der Waals surface area contributed by atoms with Crippen molar-refractivity contribution in [1.29, 1.82) is 0 Å². The van der Waals surface area contributed by atoms with Crippen LogP contribution in [0.3, 0.4) is 0 Å². The van der Waals surface area contributed by atoms with E-state index in [0.717, 1.165) is 5.56 Å². The second-order valence-electron chi connectivity index (χ2n) is 5.15. The van der Waals surface area contributed by atoms with Crippen LogP contribution >= 0.6 is 11.6 Å². The molecule has 118 valence electrons. The first-order valence-electron chi connectivity index (χ1n) is 6.67. The average molecular weight is 316 g/mol. The van der Waals surface area contributed by atoms with Crippen LogP contribution in [0.15, 0.2) is 12.1 Å². The van der Waals surface area contributed by atoms with Crippen LogP contribution in [0.1, 0.15) is 26.3 Å². The number of rotatable bonds is 7. The molecule has 0 heterocycles. The number of halogens is 1. The molecule has 0 aromatic heterocycles. The molecule has 1 rings (SSSR count). The Hall–Kier alpha value is -1.46. The van der Waals surface area contributed by atoms with Crippen molar-refractivity contribution >= 4 is 17.6 Å². The van der Waals surface area contributed by atoms with Gasteiger partial charge in [0.25, 0.3) is 0 Å². The summed E-state index contributed by atoms with van der Waals surface area (Å²) >= 11 is 6.34. The largest absolute Gasteiger partial charge is 0.493 e. The van der Waals surface area contributed by atoms with Gasteiger partial charge in [0.1, 0.15) is 5.54 Å². The number of nitrogens with zero attached hydrogens (tertiary/aromatic N) is 1.